The van der Waals surface area contributed by atoms with Crippen LogP contribution in [0.5, 0.6) is 0 Å². The molecule has 1 aliphatic rings. The number of H-pyrrole nitrogens is 1. The van der Waals surface area contributed by atoms with Crippen LogP contribution in [0.25, 0.3) is 0 Å². The molecule has 0 saturated carbocycles. The van der Waals surface area contributed by atoms with E-state index in [0.29, 0.717) is 13.1 Å². The Bertz CT molecular complexity index is 741. The Morgan fingerprint density at radius 3 is 2.71 bits per heavy atom. The number of hydrogen-bond acceptors (Lipinski definition) is 5. The smallest absolute Gasteiger partial charge is 0.410 e. The molecule has 7 nitrogen and oxygen atoms in total. The summed E-state index contributed by atoms with van der Waals surface area (Å²) in [5.74, 6) is -0.354. The summed E-state index contributed by atoms with van der Waals surface area (Å²) in [7, 11) is 1.32. The minimum absolute atomic E-state index is 0.118. The number of aromatic nitrogens is 2. The zero-order valence-electron chi connectivity index (χ0n) is 13.0. The number of nitrogens with one attached hydrogen (secondary N) is 1. The van der Waals surface area contributed by atoms with E-state index in [9.17, 15) is 9.59 Å². The number of amides is 1. The predicted molar refractivity (Wildman–Crippen MR) is 93.6 cm³/mol. The van der Waals surface area contributed by atoms with Crippen LogP contribution in [0.2, 0.25) is 0 Å². The summed E-state index contributed by atoms with van der Waals surface area (Å²) in [4.78, 5) is 25.2. The quantitative estimate of drug-likeness (QED) is 0.583. The molecule has 1 aliphatic heterocycles. The van der Waals surface area contributed by atoms with E-state index in [-0.39, 0.29) is 24.3 Å². The lowest BCUT2D eigenvalue weighted by atomic mass is 9.97. The van der Waals surface area contributed by atoms with Crippen LogP contribution in [0.3, 0.4) is 0 Å². The molecule has 1 aromatic carbocycles. The molecular formula is C16H16IN3O4. The second-order valence-electron chi connectivity index (χ2n) is 5.43. The van der Waals surface area contributed by atoms with Crippen molar-refractivity contribution in [2.45, 2.75) is 12.5 Å². The number of aromatic amines is 1. The number of carbonyl (C=O) groups excluding carboxylic acids is 2. The first kappa shape index (κ1) is 16.7. The van der Waals surface area contributed by atoms with E-state index in [4.69, 9.17) is 4.74 Å². The van der Waals surface area contributed by atoms with Crippen LogP contribution in [0, 0.1) is 3.57 Å². The molecule has 3 rings (SSSR count). The van der Waals surface area contributed by atoms with Gasteiger partial charge >= 0.3 is 12.1 Å². The number of carbonyl (C=O) groups is 2. The molecule has 24 heavy (non-hydrogen) atoms. The molecule has 1 aromatic heterocycles. The summed E-state index contributed by atoms with van der Waals surface area (Å²) in [5.41, 5.74) is 2.08. The Balaban J connectivity index is 1.53. The van der Waals surface area contributed by atoms with E-state index < -0.39 is 5.97 Å². The van der Waals surface area contributed by atoms with Gasteiger partial charge in [0, 0.05) is 19.0 Å². The maximum absolute atomic E-state index is 12.0. The Labute approximate surface area is 152 Å². The van der Waals surface area contributed by atoms with Crippen molar-refractivity contribution in [1.29, 1.82) is 0 Å². The van der Waals surface area contributed by atoms with Gasteiger partial charge in [-0.25, -0.2) is 9.59 Å². The molecule has 0 radical (unpaired) electrons. The standard InChI is InChI=1S/C16H16IN3O4/c1-23-15(21)14-12(17)13(18-19-14)11-7-20(8-11)16(22)24-9-10-5-3-2-4-6-10/h2-6,11H,7-9H2,1H3,(H,18,19). The lowest BCUT2D eigenvalue weighted by molar-refractivity contribution is 0.0591. The van der Waals surface area contributed by atoms with E-state index in [1.165, 1.54) is 7.11 Å². The Morgan fingerprint density at radius 1 is 1.33 bits per heavy atom. The molecule has 1 N–H and O–H groups in total. The second kappa shape index (κ2) is 7.20. The molecule has 126 valence electrons. The van der Waals surface area contributed by atoms with Crippen LogP contribution in [0.1, 0.15) is 27.7 Å². The fraction of sp³-hybridized carbons (Fsp3) is 0.312. The van der Waals surface area contributed by atoms with E-state index in [0.717, 1.165) is 14.8 Å². The molecule has 0 bridgehead atoms. The van der Waals surface area contributed by atoms with Gasteiger partial charge in [0.15, 0.2) is 5.69 Å². The molecule has 8 heteroatoms. The van der Waals surface area contributed by atoms with Crippen molar-refractivity contribution in [3.8, 4) is 0 Å². The number of esters is 1. The van der Waals surface area contributed by atoms with E-state index in [1.807, 2.05) is 30.3 Å². The van der Waals surface area contributed by atoms with Gasteiger partial charge in [-0.15, -0.1) is 0 Å². The van der Waals surface area contributed by atoms with Gasteiger partial charge in [-0.05, 0) is 28.2 Å². The van der Waals surface area contributed by atoms with E-state index in [2.05, 4.69) is 37.5 Å². The molecule has 0 atom stereocenters. The van der Waals surface area contributed by atoms with Crippen LogP contribution in [0.4, 0.5) is 4.79 Å². The van der Waals surface area contributed by atoms with Crippen LogP contribution in [-0.4, -0.2) is 47.4 Å². The van der Waals surface area contributed by atoms with Gasteiger partial charge in [-0.1, -0.05) is 30.3 Å². The van der Waals surface area contributed by atoms with Crippen molar-refractivity contribution in [2.75, 3.05) is 20.2 Å². The topological polar surface area (TPSA) is 84.5 Å². The number of ether oxygens (including phenoxy) is 2. The van der Waals surface area contributed by atoms with Crippen LogP contribution >= 0.6 is 22.6 Å². The lowest BCUT2D eigenvalue weighted by Gasteiger charge is -2.37. The molecule has 0 spiro atoms. The van der Waals surface area contributed by atoms with Gasteiger partial charge in [0.2, 0.25) is 0 Å². The molecule has 1 amide bonds. The summed E-state index contributed by atoms with van der Waals surface area (Å²) >= 11 is 2.07. The molecular weight excluding hydrogens is 425 g/mol. The number of hydrogen-bond donors (Lipinski definition) is 1. The lowest BCUT2D eigenvalue weighted by Crippen LogP contribution is -2.49. The maximum Gasteiger partial charge on any atom is 0.410 e. The SMILES string of the molecule is COC(=O)c1n[nH]c(C2CN(C(=O)OCc3ccccc3)C2)c1I. The number of benzene rings is 1. The first-order chi connectivity index (χ1) is 11.6. The van der Waals surface area contributed by atoms with Crippen LogP contribution in [-0.2, 0) is 16.1 Å². The van der Waals surface area contributed by atoms with Crippen LogP contribution in [0.15, 0.2) is 30.3 Å². The average Bonchev–Trinajstić information content (AvgIpc) is 2.93. The van der Waals surface area contributed by atoms with Crippen molar-refractivity contribution in [2.24, 2.45) is 0 Å². The van der Waals surface area contributed by atoms with Crippen molar-refractivity contribution in [3.05, 3.63) is 50.9 Å². The Morgan fingerprint density at radius 2 is 2.04 bits per heavy atom. The van der Waals surface area contributed by atoms with Gasteiger partial charge < -0.3 is 14.4 Å². The number of rotatable bonds is 4. The summed E-state index contributed by atoms with van der Waals surface area (Å²) < 4.78 is 10.7. The zero-order valence-corrected chi connectivity index (χ0v) is 15.1. The van der Waals surface area contributed by atoms with Gasteiger partial charge in [0.25, 0.3) is 0 Å². The second-order valence-corrected chi connectivity index (χ2v) is 6.51. The fourth-order valence-electron chi connectivity index (χ4n) is 2.47. The third-order valence-electron chi connectivity index (χ3n) is 3.86. The van der Waals surface area contributed by atoms with E-state index >= 15 is 0 Å². The number of methoxy groups -OCH3 is 1. The first-order valence-electron chi connectivity index (χ1n) is 7.38. The Hall–Kier alpha value is -2.10. The highest BCUT2D eigenvalue weighted by Crippen LogP contribution is 2.30. The van der Waals surface area contributed by atoms with Gasteiger partial charge in [-0.2, -0.15) is 5.10 Å². The molecule has 2 aromatic rings. The Kier molecular flexibility index (Phi) is 5.03. The maximum atomic E-state index is 12.0. The number of likely N-dealkylation sites (tertiary alicyclic amines) is 1. The predicted octanol–water partition coefficient (Wildman–Crippen LogP) is 2.54. The highest BCUT2D eigenvalue weighted by Gasteiger charge is 2.36. The highest BCUT2D eigenvalue weighted by atomic mass is 127. The summed E-state index contributed by atoms with van der Waals surface area (Å²) in [6.45, 7) is 1.33. The molecule has 0 unspecified atom stereocenters. The van der Waals surface area contributed by atoms with Crippen molar-refractivity contribution >= 4 is 34.7 Å². The van der Waals surface area contributed by atoms with Gasteiger partial charge in [0.05, 0.1) is 16.4 Å². The van der Waals surface area contributed by atoms with Crippen molar-refractivity contribution < 1.29 is 19.1 Å². The molecule has 2 heterocycles. The molecule has 0 aliphatic carbocycles. The van der Waals surface area contributed by atoms with Gasteiger partial charge in [-0.3, -0.25) is 5.10 Å². The highest BCUT2D eigenvalue weighted by molar-refractivity contribution is 14.1. The largest absolute Gasteiger partial charge is 0.464 e. The summed E-state index contributed by atoms with van der Waals surface area (Å²) in [6.07, 6.45) is -0.335. The minimum Gasteiger partial charge on any atom is -0.464 e. The molecule has 1 saturated heterocycles. The monoisotopic (exact) mass is 441 g/mol. The van der Waals surface area contributed by atoms with Crippen molar-refractivity contribution in [1.82, 2.24) is 15.1 Å². The normalized spacial score (nSPS) is 14.2. The average molecular weight is 441 g/mol. The zero-order chi connectivity index (χ0) is 17.1. The van der Waals surface area contributed by atoms with E-state index in [1.54, 1.807) is 4.90 Å². The molecule has 1 fully saturated rings. The van der Waals surface area contributed by atoms with Crippen LogP contribution < -0.4 is 0 Å². The van der Waals surface area contributed by atoms with Gasteiger partial charge in [0.1, 0.15) is 6.61 Å². The third-order valence-corrected chi connectivity index (χ3v) is 4.96. The summed E-state index contributed by atoms with van der Waals surface area (Å²) in [5, 5.41) is 6.86. The first-order valence-corrected chi connectivity index (χ1v) is 8.45. The number of halogens is 1. The number of nitrogens with zero attached hydrogens (tertiary/aromatic N) is 2. The summed E-state index contributed by atoms with van der Waals surface area (Å²) in [6, 6.07) is 9.55. The minimum atomic E-state index is -0.472. The third kappa shape index (κ3) is 3.37. The fourth-order valence-corrected chi connectivity index (χ4v) is 3.37. The van der Waals surface area contributed by atoms with Crippen molar-refractivity contribution in [3.63, 3.8) is 0 Å².